The number of hydrogen-bond acceptors (Lipinski definition) is 8. The molecule has 2 heterocycles. The van der Waals surface area contributed by atoms with E-state index in [0.29, 0.717) is 17.1 Å². The van der Waals surface area contributed by atoms with Gasteiger partial charge in [0.2, 0.25) is 11.8 Å². The number of nitrogens with two attached hydrogens (primary N) is 1. The minimum Gasteiger partial charge on any atom is -0.494 e. The molecule has 2 aromatic heterocycles. The van der Waals surface area contributed by atoms with Crippen molar-refractivity contribution >= 4 is 35.0 Å². The normalized spacial score (nSPS) is 11.5. The molecule has 5 N–H and O–H groups in total. The molecule has 278 valence electrons. The first-order valence-corrected chi connectivity index (χ1v) is 18.5. The lowest BCUT2D eigenvalue weighted by Crippen LogP contribution is -2.49. The molecule has 52 heavy (non-hydrogen) atoms. The molecule has 0 saturated heterocycles. The van der Waals surface area contributed by atoms with Crippen molar-refractivity contribution in [2.24, 2.45) is 5.73 Å². The number of unbranched alkanes of at least 4 members (excludes halogenated alkanes) is 4. The van der Waals surface area contributed by atoms with E-state index < -0.39 is 24.5 Å². The van der Waals surface area contributed by atoms with Crippen LogP contribution in [0.1, 0.15) is 93.3 Å². The predicted molar refractivity (Wildman–Crippen MR) is 205 cm³/mol. The summed E-state index contributed by atoms with van der Waals surface area (Å²) in [5.74, 6) is -0.959. The first-order chi connectivity index (χ1) is 24.8. The van der Waals surface area contributed by atoms with Gasteiger partial charge in [0, 0.05) is 41.2 Å². The SMILES string of the molecule is CCC(N)=O.CCCCCCCOc1ccc(-c2cnc(-c3ccc(CC(NC(=O)c4ccc(C(C)(C)C)s4)C(=O)NCC(=O)O)cc3)nc2)cc1. The molecule has 0 aliphatic carbocycles. The fourth-order valence-corrected chi connectivity index (χ4v) is 5.85. The van der Waals surface area contributed by atoms with Crippen molar-refractivity contribution in [3.63, 3.8) is 0 Å². The Morgan fingerprint density at radius 2 is 1.46 bits per heavy atom. The monoisotopic (exact) mass is 729 g/mol. The number of hydrogen-bond donors (Lipinski definition) is 4. The Morgan fingerprint density at radius 1 is 0.846 bits per heavy atom. The molecule has 12 heteroatoms. The molecule has 2 aromatic carbocycles. The fraction of sp³-hybridized carbons (Fsp3) is 0.400. The van der Waals surface area contributed by atoms with Crippen molar-refractivity contribution < 1.29 is 29.0 Å². The van der Waals surface area contributed by atoms with Crippen LogP contribution in [-0.4, -0.2) is 58.0 Å². The summed E-state index contributed by atoms with van der Waals surface area (Å²) in [5, 5.41) is 14.2. The summed E-state index contributed by atoms with van der Waals surface area (Å²) in [6.07, 6.45) is 10.2. The number of carbonyl (C=O) groups is 4. The third-order valence-corrected chi connectivity index (χ3v) is 9.47. The third-order valence-electron chi connectivity index (χ3n) is 7.96. The lowest BCUT2D eigenvalue weighted by molar-refractivity contribution is -0.138. The molecule has 0 fully saturated rings. The summed E-state index contributed by atoms with van der Waals surface area (Å²) >= 11 is 1.37. The molecule has 0 aliphatic rings. The molecule has 1 unspecified atom stereocenters. The lowest BCUT2D eigenvalue weighted by atomic mass is 9.95. The van der Waals surface area contributed by atoms with Crippen LogP contribution in [0, 0.1) is 0 Å². The quantitative estimate of drug-likeness (QED) is 0.0846. The number of carbonyl (C=O) groups excluding carboxylic acids is 3. The number of aliphatic carboxylic acids is 1. The van der Waals surface area contributed by atoms with Crippen molar-refractivity contribution in [3.05, 3.63) is 88.4 Å². The maximum atomic E-state index is 13.1. The van der Waals surface area contributed by atoms with Gasteiger partial charge in [-0.1, -0.05) is 96.7 Å². The second-order valence-electron chi connectivity index (χ2n) is 13.4. The maximum Gasteiger partial charge on any atom is 0.322 e. The highest BCUT2D eigenvalue weighted by Crippen LogP contribution is 2.29. The van der Waals surface area contributed by atoms with Crippen molar-refractivity contribution in [3.8, 4) is 28.3 Å². The number of benzene rings is 2. The van der Waals surface area contributed by atoms with E-state index in [1.54, 1.807) is 25.4 Å². The van der Waals surface area contributed by atoms with Crippen LogP contribution in [0.15, 0.2) is 73.1 Å². The van der Waals surface area contributed by atoms with Gasteiger partial charge in [-0.3, -0.25) is 19.2 Å². The highest BCUT2D eigenvalue weighted by atomic mass is 32.1. The van der Waals surface area contributed by atoms with Crippen molar-refractivity contribution in [1.29, 1.82) is 0 Å². The zero-order chi connectivity index (χ0) is 38.1. The van der Waals surface area contributed by atoms with E-state index in [1.807, 2.05) is 54.6 Å². The van der Waals surface area contributed by atoms with Crippen molar-refractivity contribution in [1.82, 2.24) is 20.6 Å². The number of carboxylic acids is 1. The first kappa shape index (κ1) is 41.3. The lowest BCUT2D eigenvalue weighted by Gasteiger charge is -2.18. The summed E-state index contributed by atoms with van der Waals surface area (Å²) in [6.45, 7) is 10.3. The molecule has 3 amide bonds. The number of ether oxygens (including phenoxy) is 1. The molecule has 0 aliphatic heterocycles. The Kier molecular flexibility index (Phi) is 16.4. The van der Waals surface area contributed by atoms with Crippen LogP contribution in [0.25, 0.3) is 22.5 Å². The number of carboxylic acid groups (broad SMARTS) is 1. The number of aromatic nitrogens is 2. The van der Waals surface area contributed by atoms with E-state index in [2.05, 4.69) is 54.0 Å². The van der Waals surface area contributed by atoms with E-state index >= 15 is 0 Å². The van der Waals surface area contributed by atoms with Gasteiger partial charge >= 0.3 is 5.97 Å². The largest absolute Gasteiger partial charge is 0.494 e. The number of rotatable bonds is 17. The van der Waals surface area contributed by atoms with Gasteiger partial charge in [-0.15, -0.1) is 11.3 Å². The van der Waals surface area contributed by atoms with Crippen molar-refractivity contribution in [2.75, 3.05) is 13.2 Å². The number of primary amides is 1. The number of nitrogens with one attached hydrogen (secondary N) is 2. The molecule has 4 aromatic rings. The number of amides is 3. The van der Waals surface area contributed by atoms with E-state index in [-0.39, 0.29) is 23.7 Å². The smallest absolute Gasteiger partial charge is 0.322 e. The van der Waals surface area contributed by atoms with Gasteiger partial charge < -0.3 is 26.2 Å². The zero-order valence-corrected chi connectivity index (χ0v) is 31.6. The number of thiophene rings is 1. The average Bonchev–Trinajstić information content (AvgIpc) is 3.65. The van der Waals surface area contributed by atoms with Gasteiger partial charge in [-0.25, -0.2) is 9.97 Å². The van der Waals surface area contributed by atoms with Crippen LogP contribution in [0.4, 0.5) is 0 Å². The van der Waals surface area contributed by atoms with E-state index in [4.69, 9.17) is 9.84 Å². The summed E-state index contributed by atoms with van der Waals surface area (Å²) in [4.78, 5) is 57.3. The van der Waals surface area contributed by atoms with Gasteiger partial charge in [-0.05, 0) is 47.2 Å². The summed E-state index contributed by atoms with van der Waals surface area (Å²) in [5.41, 5.74) is 8.01. The summed E-state index contributed by atoms with van der Waals surface area (Å²) in [6, 6.07) is 18.1. The van der Waals surface area contributed by atoms with Crippen LogP contribution >= 0.6 is 11.3 Å². The summed E-state index contributed by atoms with van der Waals surface area (Å²) in [7, 11) is 0. The predicted octanol–water partition coefficient (Wildman–Crippen LogP) is 6.94. The van der Waals surface area contributed by atoms with E-state index in [1.165, 1.54) is 37.0 Å². The molecule has 11 nitrogen and oxygen atoms in total. The third kappa shape index (κ3) is 13.9. The van der Waals surface area contributed by atoms with E-state index in [9.17, 15) is 19.2 Å². The second-order valence-corrected chi connectivity index (χ2v) is 14.4. The standard InChI is InChI=1S/C37H44N4O5S.C3H7NO/c1-5-6-7-8-9-20-46-29-16-14-26(15-17-29)28-22-38-34(39-23-28)27-12-10-25(11-13-27)21-30(35(44)40-24-33(42)43)41-36(45)31-18-19-32(47-31)37(2,3)4;1-2-3(4)5/h10-19,22-23,30H,5-9,20-21,24H2,1-4H3,(H,40,44)(H,41,45)(H,42,43);2H2,1H3,(H2,4,5). The molecule has 1 atom stereocenters. The van der Waals surface area contributed by atoms with Gasteiger partial charge in [-0.2, -0.15) is 0 Å². The molecule has 0 radical (unpaired) electrons. The average molecular weight is 730 g/mol. The van der Waals surface area contributed by atoms with Gasteiger partial charge in [0.25, 0.3) is 5.91 Å². The Labute approximate surface area is 310 Å². The number of nitrogens with zero attached hydrogens (tertiary/aromatic N) is 2. The minimum atomic E-state index is -1.17. The van der Waals surface area contributed by atoms with Gasteiger partial charge in [0.1, 0.15) is 18.3 Å². The van der Waals surface area contributed by atoms with Gasteiger partial charge in [0.15, 0.2) is 5.82 Å². The topological polar surface area (TPSA) is 174 Å². The van der Waals surface area contributed by atoms with Gasteiger partial charge in [0.05, 0.1) is 11.5 Å². The Bertz CT molecular complexity index is 1730. The minimum absolute atomic E-state index is 0.110. The second kappa shape index (κ2) is 20.7. The fourth-order valence-electron chi connectivity index (χ4n) is 4.88. The van der Waals surface area contributed by atoms with Crippen LogP contribution in [0.2, 0.25) is 0 Å². The Balaban J connectivity index is 0.00000136. The van der Waals surface area contributed by atoms with Crippen molar-refractivity contribution in [2.45, 2.75) is 91.0 Å². The molecule has 4 rings (SSSR count). The van der Waals surface area contributed by atoms with E-state index in [0.717, 1.165) is 45.9 Å². The Morgan fingerprint density at radius 3 is 2.02 bits per heavy atom. The molecule has 0 saturated carbocycles. The molecular weight excluding hydrogens is 679 g/mol. The first-order valence-electron chi connectivity index (χ1n) is 17.6. The summed E-state index contributed by atoms with van der Waals surface area (Å²) < 4.78 is 5.88. The van der Waals surface area contributed by atoms with Crippen LogP contribution in [-0.2, 0) is 26.2 Å². The highest BCUT2D eigenvalue weighted by Gasteiger charge is 2.25. The molecular formula is C40H51N5O6S. The van der Waals surface area contributed by atoms with Crippen LogP contribution in [0.5, 0.6) is 5.75 Å². The zero-order valence-electron chi connectivity index (χ0n) is 30.7. The van der Waals surface area contributed by atoms with Crippen LogP contribution in [0.3, 0.4) is 0 Å². The maximum absolute atomic E-state index is 13.1. The Hall–Kier alpha value is -5.10. The molecule has 0 bridgehead atoms. The molecule has 0 spiro atoms. The highest BCUT2D eigenvalue weighted by molar-refractivity contribution is 7.14. The van der Waals surface area contributed by atoms with Crippen LogP contribution < -0.4 is 21.1 Å².